The normalized spacial score (nSPS) is 24.2. The second kappa shape index (κ2) is 6.90. The summed E-state index contributed by atoms with van der Waals surface area (Å²) >= 11 is 0. The van der Waals surface area contributed by atoms with Crippen LogP contribution in [-0.2, 0) is 6.18 Å². The van der Waals surface area contributed by atoms with Crippen molar-refractivity contribution in [1.82, 2.24) is 10.2 Å². The summed E-state index contributed by atoms with van der Waals surface area (Å²) in [5.41, 5.74) is -0.420. The van der Waals surface area contributed by atoms with Crippen molar-refractivity contribution in [3.05, 3.63) is 34.9 Å². The minimum atomic E-state index is -4.50. The highest BCUT2D eigenvalue weighted by molar-refractivity contribution is 5.43. The summed E-state index contributed by atoms with van der Waals surface area (Å²) in [5.74, 6) is 0. The molecule has 3 nitrogen and oxygen atoms in total. The van der Waals surface area contributed by atoms with E-state index < -0.39 is 11.7 Å². The van der Waals surface area contributed by atoms with Crippen molar-refractivity contribution >= 4 is 0 Å². The second-order valence-corrected chi connectivity index (χ2v) is 6.16. The van der Waals surface area contributed by atoms with Crippen LogP contribution in [-0.4, -0.2) is 30.1 Å². The van der Waals surface area contributed by atoms with Gasteiger partial charge < -0.3 is 5.32 Å². The van der Waals surface area contributed by atoms with Crippen LogP contribution in [0.5, 0.6) is 0 Å². The molecule has 23 heavy (non-hydrogen) atoms. The molecule has 3 atom stereocenters. The first-order valence-electron chi connectivity index (χ1n) is 7.88. The van der Waals surface area contributed by atoms with Crippen molar-refractivity contribution in [3.8, 4) is 6.07 Å². The van der Waals surface area contributed by atoms with Crippen molar-refractivity contribution in [3.63, 3.8) is 0 Å². The lowest BCUT2D eigenvalue weighted by Crippen LogP contribution is -2.55. The number of rotatable bonds is 3. The molecule has 0 radical (unpaired) electrons. The molecule has 1 fully saturated rings. The van der Waals surface area contributed by atoms with Gasteiger partial charge in [0.15, 0.2) is 0 Å². The molecule has 0 saturated carbocycles. The highest BCUT2D eigenvalue weighted by Crippen LogP contribution is 2.34. The van der Waals surface area contributed by atoms with E-state index >= 15 is 0 Å². The van der Waals surface area contributed by atoms with E-state index in [2.05, 4.69) is 24.1 Å². The molecule has 1 aliphatic heterocycles. The molecule has 1 N–H and O–H groups in total. The molecule has 0 amide bonds. The van der Waals surface area contributed by atoms with E-state index in [9.17, 15) is 13.2 Å². The van der Waals surface area contributed by atoms with Crippen LogP contribution in [0.4, 0.5) is 13.2 Å². The number of nitrogens with one attached hydrogen (secondary N) is 1. The topological polar surface area (TPSA) is 39.1 Å². The number of hydrogen-bond acceptors (Lipinski definition) is 3. The quantitative estimate of drug-likeness (QED) is 0.921. The SMILES string of the molecule is CC[C@@H]1CN[C@@H](C)CN1C(C)c1ccc(C(F)(F)F)c(C#N)c1. The highest BCUT2D eigenvalue weighted by Gasteiger charge is 2.35. The Hall–Kier alpha value is -1.58. The Bertz CT molecular complexity index is 592. The lowest BCUT2D eigenvalue weighted by molar-refractivity contribution is -0.137. The molecule has 0 bridgehead atoms. The van der Waals surface area contributed by atoms with Crippen LogP contribution in [0.15, 0.2) is 18.2 Å². The largest absolute Gasteiger partial charge is 0.417 e. The molecular formula is C17H22F3N3. The van der Waals surface area contributed by atoms with Crippen molar-refractivity contribution in [2.45, 2.75) is 51.5 Å². The lowest BCUT2D eigenvalue weighted by Gasteiger charge is -2.43. The number of hydrogen-bond donors (Lipinski definition) is 1. The predicted molar refractivity (Wildman–Crippen MR) is 82.8 cm³/mol. The maximum Gasteiger partial charge on any atom is 0.417 e. The molecule has 1 aromatic carbocycles. The monoisotopic (exact) mass is 325 g/mol. The molecule has 6 heteroatoms. The Morgan fingerprint density at radius 2 is 2.13 bits per heavy atom. The summed E-state index contributed by atoms with van der Waals surface area (Å²) in [7, 11) is 0. The third kappa shape index (κ3) is 3.85. The van der Waals surface area contributed by atoms with Crippen molar-refractivity contribution in [1.29, 1.82) is 5.26 Å². The van der Waals surface area contributed by atoms with Gasteiger partial charge in [0.05, 0.1) is 17.2 Å². The van der Waals surface area contributed by atoms with Gasteiger partial charge in [0, 0.05) is 31.2 Å². The fourth-order valence-corrected chi connectivity index (χ4v) is 3.19. The molecule has 1 aromatic rings. The zero-order valence-corrected chi connectivity index (χ0v) is 13.6. The maximum absolute atomic E-state index is 12.9. The van der Waals surface area contributed by atoms with E-state index in [1.807, 2.05) is 6.92 Å². The summed E-state index contributed by atoms with van der Waals surface area (Å²) in [4.78, 5) is 2.31. The van der Waals surface area contributed by atoms with Crippen LogP contribution in [0.1, 0.15) is 49.9 Å². The van der Waals surface area contributed by atoms with Gasteiger partial charge in [-0.2, -0.15) is 18.4 Å². The molecular weight excluding hydrogens is 303 g/mol. The van der Waals surface area contributed by atoms with Gasteiger partial charge in [0.1, 0.15) is 0 Å². The minimum absolute atomic E-state index is 0.0288. The average molecular weight is 325 g/mol. The van der Waals surface area contributed by atoms with Gasteiger partial charge in [-0.25, -0.2) is 0 Å². The lowest BCUT2D eigenvalue weighted by atomic mass is 9.96. The van der Waals surface area contributed by atoms with Gasteiger partial charge in [-0.1, -0.05) is 13.0 Å². The maximum atomic E-state index is 12.9. The summed E-state index contributed by atoms with van der Waals surface area (Å²) in [6.45, 7) is 7.90. The van der Waals surface area contributed by atoms with Gasteiger partial charge in [-0.15, -0.1) is 0 Å². The molecule has 0 aromatic heterocycles. The molecule has 1 heterocycles. The molecule has 126 valence electrons. The number of halogens is 3. The number of piperazine rings is 1. The molecule has 1 saturated heterocycles. The van der Waals surface area contributed by atoms with Crippen LogP contribution in [0.2, 0.25) is 0 Å². The van der Waals surface area contributed by atoms with Crippen LogP contribution >= 0.6 is 0 Å². The number of nitriles is 1. The van der Waals surface area contributed by atoms with Crippen molar-refractivity contribution < 1.29 is 13.2 Å². The Morgan fingerprint density at radius 3 is 2.70 bits per heavy atom. The van der Waals surface area contributed by atoms with E-state index in [1.165, 1.54) is 12.1 Å². The highest BCUT2D eigenvalue weighted by atomic mass is 19.4. The standard InChI is InChI=1S/C17H22F3N3/c1-4-15-9-22-11(2)10-23(15)12(3)13-5-6-16(17(18,19)20)14(7-13)8-21/h5-7,11-12,15,22H,4,9-10H2,1-3H3/t11-,12?,15+/m0/s1. The van der Waals surface area contributed by atoms with E-state index in [1.54, 1.807) is 6.07 Å². The molecule has 0 spiro atoms. The third-order valence-electron chi connectivity index (χ3n) is 4.58. The fraction of sp³-hybridized carbons (Fsp3) is 0.588. The second-order valence-electron chi connectivity index (χ2n) is 6.16. The summed E-state index contributed by atoms with van der Waals surface area (Å²) in [5, 5.41) is 12.5. The van der Waals surface area contributed by atoms with E-state index in [0.29, 0.717) is 12.1 Å². The smallest absolute Gasteiger partial charge is 0.311 e. The first kappa shape index (κ1) is 17.8. The Kier molecular flexibility index (Phi) is 5.33. The average Bonchev–Trinajstić information content (AvgIpc) is 2.52. The Morgan fingerprint density at radius 1 is 1.43 bits per heavy atom. The summed E-state index contributed by atoms with van der Waals surface area (Å²) < 4.78 is 38.8. The van der Waals surface area contributed by atoms with Gasteiger partial charge in [0.2, 0.25) is 0 Å². The fourth-order valence-electron chi connectivity index (χ4n) is 3.19. The third-order valence-corrected chi connectivity index (χ3v) is 4.58. The molecule has 1 unspecified atom stereocenters. The van der Waals surface area contributed by atoms with Gasteiger partial charge in [-0.05, 0) is 38.0 Å². The zero-order valence-electron chi connectivity index (χ0n) is 13.6. The van der Waals surface area contributed by atoms with E-state index in [-0.39, 0.29) is 11.6 Å². The summed E-state index contributed by atoms with van der Waals surface area (Å²) in [6, 6.07) is 6.23. The Balaban J connectivity index is 2.32. The van der Waals surface area contributed by atoms with Crippen LogP contribution in [0, 0.1) is 11.3 Å². The number of alkyl halides is 3. The van der Waals surface area contributed by atoms with Gasteiger partial charge in [0.25, 0.3) is 0 Å². The predicted octanol–water partition coefficient (Wildman–Crippen LogP) is 3.71. The van der Waals surface area contributed by atoms with Crippen LogP contribution in [0.25, 0.3) is 0 Å². The van der Waals surface area contributed by atoms with Crippen molar-refractivity contribution in [2.75, 3.05) is 13.1 Å². The first-order valence-corrected chi connectivity index (χ1v) is 7.88. The summed E-state index contributed by atoms with van der Waals surface area (Å²) in [6.07, 6.45) is -3.53. The first-order chi connectivity index (χ1) is 10.8. The van der Waals surface area contributed by atoms with Gasteiger partial charge >= 0.3 is 6.18 Å². The van der Waals surface area contributed by atoms with Crippen LogP contribution < -0.4 is 5.32 Å². The van der Waals surface area contributed by atoms with E-state index in [0.717, 1.165) is 31.1 Å². The Labute approximate surface area is 135 Å². The number of benzene rings is 1. The minimum Gasteiger partial charge on any atom is -0.311 e. The number of nitrogens with zero attached hydrogens (tertiary/aromatic N) is 2. The molecule has 2 rings (SSSR count). The van der Waals surface area contributed by atoms with E-state index in [4.69, 9.17) is 5.26 Å². The van der Waals surface area contributed by atoms with Crippen LogP contribution in [0.3, 0.4) is 0 Å². The zero-order chi connectivity index (χ0) is 17.2. The van der Waals surface area contributed by atoms with Crippen molar-refractivity contribution in [2.24, 2.45) is 0 Å². The van der Waals surface area contributed by atoms with Gasteiger partial charge in [-0.3, -0.25) is 4.90 Å². The molecule has 0 aliphatic carbocycles. The molecule has 1 aliphatic rings.